The lowest BCUT2D eigenvalue weighted by atomic mass is 10.2. The van der Waals surface area contributed by atoms with Crippen LogP contribution in [0.4, 0.5) is 18.9 Å². The molecular formula is C13H16F3N3O6S. The summed E-state index contributed by atoms with van der Waals surface area (Å²) in [7, 11) is -3.96. The first kappa shape index (κ1) is 23.3. The van der Waals surface area contributed by atoms with Gasteiger partial charge < -0.3 is 4.74 Å². The van der Waals surface area contributed by atoms with Crippen molar-refractivity contribution in [2.24, 2.45) is 0 Å². The number of anilines is 1. The van der Waals surface area contributed by atoms with Crippen LogP contribution in [0.2, 0.25) is 0 Å². The molecule has 0 aliphatic carbocycles. The van der Waals surface area contributed by atoms with Gasteiger partial charge in [-0.25, -0.2) is 10.2 Å². The van der Waals surface area contributed by atoms with E-state index >= 15 is 0 Å². The zero-order valence-corrected chi connectivity index (χ0v) is 14.4. The van der Waals surface area contributed by atoms with Crippen LogP contribution < -0.4 is 15.6 Å². The van der Waals surface area contributed by atoms with Crippen LogP contribution in [-0.2, 0) is 24.3 Å². The van der Waals surface area contributed by atoms with Crippen LogP contribution in [0.3, 0.4) is 0 Å². The van der Waals surface area contributed by atoms with Gasteiger partial charge in [0.2, 0.25) is 0 Å². The molecule has 1 amide bonds. The fraction of sp³-hybridized carbons (Fsp3) is 0.308. The maximum Gasteiger partial charge on any atom is 0.516 e. The van der Waals surface area contributed by atoms with E-state index in [1.165, 1.54) is 23.9 Å². The number of amides is 1. The van der Waals surface area contributed by atoms with Crippen LogP contribution in [0.1, 0.15) is 17.3 Å². The number of ether oxygens (including phenoxy) is 1. The first-order valence-electron chi connectivity index (χ1n) is 6.76. The molecule has 0 spiro atoms. The van der Waals surface area contributed by atoms with Crippen LogP contribution >= 0.6 is 0 Å². The summed E-state index contributed by atoms with van der Waals surface area (Å²) in [6.07, 6.45) is 0.394. The Balaban J connectivity index is 0.000000541. The lowest BCUT2D eigenvalue weighted by Gasteiger charge is -2.10. The first-order valence-corrected chi connectivity index (χ1v) is 8.25. The smallest absolute Gasteiger partial charge is 0.459 e. The highest BCUT2D eigenvalue weighted by atomic mass is 32.2. The predicted molar refractivity (Wildman–Crippen MR) is 84.3 cm³/mol. The molecule has 0 atom stereocenters. The Morgan fingerprint density at radius 2 is 1.88 bits per heavy atom. The quantitative estimate of drug-likeness (QED) is 0.285. The van der Waals surface area contributed by atoms with Crippen LogP contribution in [0.25, 0.3) is 0 Å². The molecule has 26 heavy (non-hydrogen) atoms. The number of sulfonamides is 1. The highest BCUT2D eigenvalue weighted by Gasteiger charge is 2.46. The maximum absolute atomic E-state index is 12.0. The number of alkyl halides is 3. The SMILES string of the molecule is CCOC(=O)C(=O)NNC.O=Cc1cccc(NS(=O)(=O)C(F)(F)F)c1. The van der Waals surface area contributed by atoms with Crippen molar-refractivity contribution in [3.63, 3.8) is 0 Å². The topological polar surface area (TPSA) is 131 Å². The molecule has 1 aromatic carbocycles. The molecule has 1 aromatic rings. The minimum atomic E-state index is -5.44. The molecule has 0 aromatic heterocycles. The van der Waals surface area contributed by atoms with Gasteiger partial charge in [-0.2, -0.15) is 21.6 Å². The van der Waals surface area contributed by atoms with Gasteiger partial charge in [0.25, 0.3) is 0 Å². The molecule has 0 aliphatic rings. The van der Waals surface area contributed by atoms with Crippen molar-refractivity contribution in [2.45, 2.75) is 12.4 Å². The van der Waals surface area contributed by atoms with Crippen LogP contribution in [0.5, 0.6) is 0 Å². The van der Waals surface area contributed by atoms with E-state index in [0.717, 1.165) is 12.1 Å². The molecule has 146 valence electrons. The van der Waals surface area contributed by atoms with Crippen molar-refractivity contribution in [1.82, 2.24) is 10.9 Å². The number of nitrogens with one attached hydrogen (secondary N) is 3. The number of benzene rings is 1. The van der Waals surface area contributed by atoms with Gasteiger partial charge in [0.1, 0.15) is 6.29 Å². The predicted octanol–water partition coefficient (Wildman–Crippen LogP) is 0.561. The van der Waals surface area contributed by atoms with E-state index < -0.39 is 27.4 Å². The molecule has 0 saturated carbocycles. The van der Waals surface area contributed by atoms with Gasteiger partial charge in [-0.3, -0.25) is 19.7 Å². The Kier molecular flexibility index (Phi) is 9.29. The molecule has 0 aliphatic heterocycles. The van der Waals surface area contributed by atoms with Gasteiger partial charge in [-0.1, -0.05) is 12.1 Å². The zero-order chi connectivity index (χ0) is 20.4. The number of carbonyl (C=O) groups is 3. The number of rotatable bonds is 5. The van der Waals surface area contributed by atoms with Crippen molar-refractivity contribution < 1.29 is 40.7 Å². The molecule has 0 saturated heterocycles. The lowest BCUT2D eigenvalue weighted by molar-refractivity contribution is -0.154. The van der Waals surface area contributed by atoms with Gasteiger partial charge >= 0.3 is 27.4 Å². The number of carbonyl (C=O) groups excluding carboxylic acids is 3. The van der Waals surface area contributed by atoms with E-state index in [1.54, 1.807) is 6.92 Å². The third-order valence-corrected chi connectivity index (χ3v) is 3.39. The van der Waals surface area contributed by atoms with E-state index in [1.807, 2.05) is 0 Å². The summed E-state index contributed by atoms with van der Waals surface area (Å²) in [5.74, 6) is -1.67. The maximum atomic E-state index is 12.0. The largest absolute Gasteiger partial charge is 0.516 e. The fourth-order valence-electron chi connectivity index (χ4n) is 1.25. The van der Waals surface area contributed by atoms with Crippen molar-refractivity contribution in [3.8, 4) is 0 Å². The van der Waals surface area contributed by atoms with Crippen LogP contribution in [-0.4, -0.2) is 45.7 Å². The summed E-state index contributed by atoms with van der Waals surface area (Å²) in [5.41, 5.74) is -1.26. The Bertz CT molecular complexity index is 721. The van der Waals surface area contributed by atoms with Crippen LogP contribution in [0.15, 0.2) is 24.3 Å². The molecule has 1 rings (SSSR count). The molecule has 9 nitrogen and oxygen atoms in total. The third-order valence-electron chi connectivity index (χ3n) is 2.28. The summed E-state index contributed by atoms with van der Waals surface area (Å²) in [6.45, 7) is 1.83. The van der Waals surface area contributed by atoms with Crippen molar-refractivity contribution in [3.05, 3.63) is 29.8 Å². The van der Waals surface area contributed by atoms with E-state index in [-0.39, 0.29) is 17.9 Å². The Hall–Kier alpha value is -2.67. The van der Waals surface area contributed by atoms with Crippen molar-refractivity contribution >= 4 is 33.9 Å². The number of hydrogen-bond donors (Lipinski definition) is 3. The molecule has 0 bridgehead atoms. The Morgan fingerprint density at radius 1 is 1.27 bits per heavy atom. The van der Waals surface area contributed by atoms with Crippen molar-refractivity contribution in [2.75, 3.05) is 18.4 Å². The summed E-state index contributed by atoms with van der Waals surface area (Å²) in [4.78, 5) is 31.3. The van der Waals surface area contributed by atoms with E-state index in [4.69, 9.17) is 0 Å². The summed E-state index contributed by atoms with van der Waals surface area (Å²) in [6, 6.07) is 4.70. The van der Waals surface area contributed by atoms with Gasteiger partial charge in [0.15, 0.2) is 0 Å². The van der Waals surface area contributed by atoms with E-state index in [9.17, 15) is 36.0 Å². The summed E-state index contributed by atoms with van der Waals surface area (Å²) >= 11 is 0. The third kappa shape index (κ3) is 7.94. The Labute approximate surface area is 146 Å². The number of aldehydes is 1. The molecule has 0 fully saturated rings. The summed E-state index contributed by atoms with van der Waals surface area (Å²) in [5, 5.41) is 0. The highest BCUT2D eigenvalue weighted by Crippen LogP contribution is 2.25. The normalized spacial score (nSPS) is 10.8. The number of hydrazine groups is 1. The molecular weight excluding hydrogens is 383 g/mol. The number of esters is 1. The fourth-order valence-corrected chi connectivity index (χ4v) is 1.80. The van der Waals surface area contributed by atoms with E-state index in [0.29, 0.717) is 6.29 Å². The average molecular weight is 399 g/mol. The lowest BCUT2D eigenvalue weighted by Crippen LogP contribution is -2.40. The second-order valence-electron chi connectivity index (χ2n) is 4.22. The van der Waals surface area contributed by atoms with Gasteiger partial charge in [0.05, 0.1) is 6.61 Å². The highest BCUT2D eigenvalue weighted by molar-refractivity contribution is 7.93. The van der Waals surface area contributed by atoms with Crippen LogP contribution in [0, 0.1) is 0 Å². The minimum Gasteiger partial charge on any atom is -0.459 e. The number of halogens is 3. The van der Waals surface area contributed by atoms with E-state index in [2.05, 4.69) is 15.6 Å². The zero-order valence-electron chi connectivity index (χ0n) is 13.6. The van der Waals surface area contributed by atoms with Gasteiger partial charge in [0, 0.05) is 18.3 Å². The second kappa shape index (κ2) is 10.4. The second-order valence-corrected chi connectivity index (χ2v) is 5.89. The van der Waals surface area contributed by atoms with Gasteiger partial charge in [-0.05, 0) is 19.1 Å². The standard InChI is InChI=1S/C8H6F3NO3S.C5H10N2O3/c9-8(10,11)16(14,15)12-7-3-1-2-6(4-7)5-13;1-3-10-5(9)4(8)7-6-2/h1-5,12H;6H,3H2,1-2H3,(H,7,8). The number of hydrogen-bond acceptors (Lipinski definition) is 7. The molecule has 0 radical (unpaired) electrons. The molecule has 0 unspecified atom stereocenters. The minimum absolute atomic E-state index is 0.0716. The van der Waals surface area contributed by atoms with Crippen molar-refractivity contribution in [1.29, 1.82) is 0 Å². The molecule has 3 N–H and O–H groups in total. The summed E-state index contributed by atoms with van der Waals surface area (Å²) < 4.78 is 63.0. The average Bonchev–Trinajstić information content (AvgIpc) is 2.54. The van der Waals surface area contributed by atoms with Gasteiger partial charge in [-0.15, -0.1) is 0 Å². The Morgan fingerprint density at radius 3 is 2.35 bits per heavy atom. The monoisotopic (exact) mass is 399 g/mol. The molecule has 13 heteroatoms. The first-order chi connectivity index (χ1) is 12.0. The molecule has 0 heterocycles.